The van der Waals surface area contributed by atoms with E-state index in [0.717, 1.165) is 11.6 Å². The van der Waals surface area contributed by atoms with Crippen LogP contribution in [0.2, 0.25) is 0 Å². The molecule has 3 aromatic carbocycles. The van der Waals surface area contributed by atoms with E-state index in [0.29, 0.717) is 16.5 Å². The zero-order valence-corrected chi connectivity index (χ0v) is 15.4. The van der Waals surface area contributed by atoms with Gasteiger partial charge in [0.15, 0.2) is 11.5 Å². The summed E-state index contributed by atoms with van der Waals surface area (Å²) in [7, 11) is 1.22. The van der Waals surface area contributed by atoms with Crippen molar-refractivity contribution in [3.63, 3.8) is 0 Å². The molecule has 3 rings (SSSR count). The van der Waals surface area contributed by atoms with Crippen molar-refractivity contribution in [1.82, 2.24) is 0 Å². The molecule has 6 heteroatoms. The number of benzene rings is 3. The van der Waals surface area contributed by atoms with Crippen LogP contribution >= 0.6 is 0 Å². The highest BCUT2D eigenvalue weighted by Gasteiger charge is 2.20. The first-order valence-corrected chi connectivity index (χ1v) is 8.42. The molecule has 0 aliphatic rings. The second-order valence-electron chi connectivity index (χ2n) is 5.85. The summed E-state index contributed by atoms with van der Waals surface area (Å²) in [4.78, 5) is 23.6. The summed E-state index contributed by atoms with van der Waals surface area (Å²) in [6, 6.07) is 15.9. The van der Waals surface area contributed by atoms with Crippen molar-refractivity contribution in [3.05, 3.63) is 72.8 Å². The largest absolute Gasteiger partial charge is 0.513 e. The summed E-state index contributed by atoms with van der Waals surface area (Å²) >= 11 is 0. The number of fused-ring (bicyclic) bond motifs is 1. The molecule has 0 heterocycles. The van der Waals surface area contributed by atoms with Gasteiger partial charge >= 0.3 is 12.1 Å². The summed E-state index contributed by atoms with van der Waals surface area (Å²) in [5, 5.41) is 1.10. The Balaban J connectivity index is 2.23. The fourth-order valence-electron chi connectivity index (χ4n) is 2.61. The van der Waals surface area contributed by atoms with Crippen molar-refractivity contribution in [1.29, 1.82) is 0 Å². The third-order valence-electron chi connectivity index (χ3n) is 3.87. The Kier molecular flexibility index (Phi) is 5.60. The zero-order valence-electron chi connectivity index (χ0n) is 15.4. The molecule has 0 spiro atoms. The third-order valence-corrected chi connectivity index (χ3v) is 3.87. The number of carbonyl (C=O) groups is 2. The van der Waals surface area contributed by atoms with Gasteiger partial charge in [-0.05, 0) is 25.1 Å². The summed E-state index contributed by atoms with van der Waals surface area (Å²) in [5.41, 5.74) is 0.931. The van der Waals surface area contributed by atoms with E-state index in [1.54, 1.807) is 30.3 Å². The lowest BCUT2D eigenvalue weighted by Crippen LogP contribution is -2.09. The third kappa shape index (κ3) is 4.12. The molecule has 0 amide bonds. The van der Waals surface area contributed by atoms with E-state index < -0.39 is 12.1 Å². The fraction of sp³-hybridized carbons (Fsp3) is 0.0909. The van der Waals surface area contributed by atoms with Gasteiger partial charge in [0, 0.05) is 22.9 Å². The Hall–Kier alpha value is -3.80. The first kappa shape index (κ1) is 19.0. The second kappa shape index (κ2) is 8.26. The van der Waals surface area contributed by atoms with E-state index in [-0.39, 0.29) is 17.2 Å². The molecule has 6 nitrogen and oxygen atoms in total. The van der Waals surface area contributed by atoms with Crippen LogP contribution in [-0.2, 0) is 9.53 Å². The number of rotatable bonds is 5. The molecule has 0 atom stereocenters. The summed E-state index contributed by atoms with van der Waals surface area (Å²) in [6.45, 7) is 5.33. The lowest BCUT2D eigenvalue weighted by atomic mass is 10.0. The zero-order chi connectivity index (χ0) is 20.1. The van der Waals surface area contributed by atoms with Crippen molar-refractivity contribution in [2.45, 2.75) is 6.92 Å². The maximum atomic E-state index is 11.9. The monoisotopic (exact) mass is 378 g/mol. The van der Waals surface area contributed by atoms with Crippen LogP contribution < -0.4 is 14.2 Å². The van der Waals surface area contributed by atoms with Crippen LogP contribution in [0.25, 0.3) is 10.8 Å². The number of methoxy groups -OCH3 is 1. The van der Waals surface area contributed by atoms with Gasteiger partial charge in [-0.15, -0.1) is 0 Å². The van der Waals surface area contributed by atoms with E-state index in [4.69, 9.17) is 14.2 Å². The highest BCUT2D eigenvalue weighted by Crippen LogP contribution is 2.44. The van der Waals surface area contributed by atoms with E-state index in [2.05, 4.69) is 11.3 Å². The smallest absolute Gasteiger partial charge is 0.453 e. The lowest BCUT2D eigenvalue weighted by Gasteiger charge is -2.16. The van der Waals surface area contributed by atoms with Crippen molar-refractivity contribution in [3.8, 4) is 23.0 Å². The minimum absolute atomic E-state index is 0.195. The molecule has 3 aromatic rings. The Morgan fingerprint density at radius 2 is 1.68 bits per heavy atom. The summed E-state index contributed by atoms with van der Waals surface area (Å²) in [5.74, 6) is 0.503. The van der Waals surface area contributed by atoms with Crippen molar-refractivity contribution < 1.29 is 28.5 Å². The van der Waals surface area contributed by atoms with Gasteiger partial charge in [0.05, 0.1) is 7.11 Å². The first-order chi connectivity index (χ1) is 13.5. The van der Waals surface area contributed by atoms with Gasteiger partial charge < -0.3 is 18.9 Å². The quantitative estimate of drug-likeness (QED) is 0.264. The molecule has 0 aromatic heterocycles. The normalized spacial score (nSPS) is 10.2. The van der Waals surface area contributed by atoms with Crippen LogP contribution in [-0.4, -0.2) is 19.2 Å². The minimum Gasteiger partial charge on any atom is -0.453 e. The molecule has 0 saturated heterocycles. The molecule has 0 radical (unpaired) electrons. The number of aryl methyl sites for hydroxylation is 1. The fourth-order valence-corrected chi connectivity index (χ4v) is 2.61. The molecule has 0 fully saturated rings. The van der Waals surface area contributed by atoms with Crippen molar-refractivity contribution in [2.24, 2.45) is 0 Å². The molecular formula is C22H18O6. The predicted molar refractivity (Wildman–Crippen MR) is 104 cm³/mol. The maximum Gasteiger partial charge on any atom is 0.513 e. The second-order valence-corrected chi connectivity index (χ2v) is 5.85. The van der Waals surface area contributed by atoms with E-state index in [1.165, 1.54) is 13.2 Å². The van der Waals surface area contributed by atoms with Gasteiger partial charge in [0.1, 0.15) is 11.5 Å². The minimum atomic E-state index is -0.871. The average molecular weight is 378 g/mol. The number of hydrogen-bond donors (Lipinski definition) is 0. The first-order valence-electron chi connectivity index (χ1n) is 8.42. The van der Waals surface area contributed by atoms with E-state index in [9.17, 15) is 9.59 Å². The van der Waals surface area contributed by atoms with E-state index >= 15 is 0 Å². The molecule has 0 N–H and O–H groups in total. The topological polar surface area (TPSA) is 71.1 Å². The molecule has 142 valence electrons. The molecule has 0 bridgehead atoms. The Morgan fingerprint density at radius 1 is 0.929 bits per heavy atom. The number of esters is 1. The lowest BCUT2D eigenvalue weighted by molar-refractivity contribution is -0.128. The number of hydrogen-bond acceptors (Lipinski definition) is 6. The van der Waals surface area contributed by atoms with Crippen LogP contribution in [0.5, 0.6) is 23.0 Å². The number of carbonyl (C=O) groups excluding carboxylic acids is 2. The molecule has 0 unspecified atom stereocenters. The van der Waals surface area contributed by atoms with Gasteiger partial charge in [-0.2, -0.15) is 0 Å². The molecule has 28 heavy (non-hydrogen) atoms. The Bertz CT molecular complexity index is 1040. The van der Waals surface area contributed by atoms with Gasteiger partial charge in [-0.1, -0.05) is 42.5 Å². The Morgan fingerprint density at radius 3 is 2.36 bits per heavy atom. The number of para-hydroxylation sites is 1. The molecular weight excluding hydrogens is 360 g/mol. The van der Waals surface area contributed by atoms with Gasteiger partial charge in [0.2, 0.25) is 0 Å². The van der Waals surface area contributed by atoms with Crippen LogP contribution in [0.1, 0.15) is 5.56 Å². The SMILES string of the molecule is C=CC(=O)Oc1c(Oc2ccccc2)cc(OC(=O)OC)c2cc(C)ccc12. The highest BCUT2D eigenvalue weighted by atomic mass is 16.7. The van der Waals surface area contributed by atoms with Crippen LogP contribution in [0.15, 0.2) is 67.3 Å². The highest BCUT2D eigenvalue weighted by molar-refractivity contribution is 5.99. The van der Waals surface area contributed by atoms with E-state index in [1.807, 2.05) is 25.1 Å². The average Bonchev–Trinajstić information content (AvgIpc) is 2.71. The number of ether oxygens (including phenoxy) is 4. The van der Waals surface area contributed by atoms with Gasteiger partial charge in [-0.25, -0.2) is 9.59 Å². The summed E-state index contributed by atoms with van der Waals surface area (Å²) in [6.07, 6.45) is 0.190. The van der Waals surface area contributed by atoms with Crippen molar-refractivity contribution >= 4 is 22.9 Å². The molecule has 0 saturated carbocycles. The van der Waals surface area contributed by atoms with Crippen LogP contribution in [0, 0.1) is 6.92 Å². The van der Waals surface area contributed by atoms with Crippen LogP contribution in [0.4, 0.5) is 4.79 Å². The maximum absolute atomic E-state index is 11.9. The molecule has 0 aliphatic carbocycles. The Labute approximate surface area is 161 Å². The van der Waals surface area contributed by atoms with Crippen LogP contribution in [0.3, 0.4) is 0 Å². The summed E-state index contributed by atoms with van der Waals surface area (Å²) < 4.78 is 21.3. The van der Waals surface area contributed by atoms with Gasteiger partial charge in [-0.3, -0.25) is 0 Å². The van der Waals surface area contributed by atoms with Crippen molar-refractivity contribution in [2.75, 3.05) is 7.11 Å². The standard InChI is InChI=1S/C22H18O6/c1-4-20(23)28-21-16-11-10-14(2)12-17(16)18(27-22(24)25-3)13-19(21)26-15-8-6-5-7-9-15/h4-13H,1H2,2-3H3. The predicted octanol–water partition coefficient (Wildman–Crippen LogP) is 5.18. The van der Waals surface area contributed by atoms with Gasteiger partial charge in [0.25, 0.3) is 0 Å². The molecule has 0 aliphatic heterocycles.